The lowest BCUT2D eigenvalue weighted by Gasteiger charge is -2.16. The molecule has 0 aliphatic carbocycles. The SMILES string of the molecule is COc1ccc(CCc2cc(Oc3ccc(CCc4ccc5c(c4)OCO5)cc3)c(OC)cc2OC)cc1. The van der Waals surface area contributed by atoms with Gasteiger partial charge in [0.25, 0.3) is 0 Å². The highest BCUT2D eigenvalue weighted by Gasteiger charge is 2.15. The summed E-state index contributed by atoms with van der Waals surface area (Å²) in [6.45, 7) is 0.295. The quantitative estimate of drug-likeness (QED) is 0.220. The van der Waals surface area contributed by atoms with Crippen LogP contribution in [0, 0.1) is 0 Å². The first kappa shape index (κ1) is 25.3. The van der Waals surface area contributed by atoms with Gasteiger partial charge in [-0.1, -0.05) is 30.3 Å². The Morgan fingerprint density at radius 3 is 1.82 bits per heavy atom. The van der Waals surface area contributed by atoms with E-state index in [1.54, 1.807) is 21.3 Å². The minimum Gasteiger partial charge on any atom is -0.497 e. The van der Waals surface area contributed by atoms with E-state index in [0.717, 1.165) is 60.0 Å². The van der Waals surface area contributed by atoms with Crippen LogP contribution in [0.1, 0.15) is 22.3 Å². The second-order valence-electron chi connectivity index (χ2n) is 9.10. The average Bonchev–Trinajstić information content (AvgIpc) is 3.44. The van der Waals surface area contributed by atoms with Gasteiger partial charge in [0, 0.05) is 6.07 Å². The summed E-state index contributed by atoms with van der Waals surface area (Å²) in [5.41, 5.74) is 4.73. The zero-order valence-corrected chi connectivity index (χ0v) is 22.0. The maximum absolute atomic E-state index is 6.26. The molecule has 1 aliphatic heterocycles. The Morgan fingerprint density at radius 1 is 0.526 bits per heavy atom. The highest BCUT2D eigenvalue weighted by Crippen LogP contribution is 2.38. The van der Waals surface area contributed by atoms with Gasteiger partial charge in [0.05, 0.1) is 21.3 Å². The zero-order chi connectivity index (χ0) is 26.3. The number of hydrogen-bond donors (Lipinski definition) is 0. The van der Waals surface area contributed by atoms with E-state index in [9.17, 15) is 0 Å². The van der Waals surface area contributed by atoms with Crippen LogP contribution in [0.25, 0.3) is 0 Å². The summed E-state index contributed by atoms with van der Waals surface area (Å²) in [7, 11) is 4.99. The molecule has 6 nitrogen and oxygen atoms in total. The van der Waals surface area contributed by atoms with Gasteiger partial charge in [-0.15, -0.1) is 0 Å². The predicted molar refractivity (Wildman–Crippen MR) is 146 cm³/mol. The monoisotopic (exact) mass is 512 g/mol. The molecule has 5 rings (SSSR count). The Morgan fingerprint density at radius 2 is 1.13 bits per heavy atom. The fourth-order valence-electron chi connectivity index (χ4n) is 4.52. The summed E-state index contributed by atoms with van der Waals surface area (Å²) < 4.78 is 33.7. The fourth-order valence-corrected chi connectivity index (χ4v) is 4.52. The van der Waals surface area contributed by atoms with Crippen molar-refractivity contribution in [1.82, 2.24) is 0 Å². The number of methoxy groups -OCH3 is 3. The standard InChI is InChI=1S/C32H32O6/c1-33-26-13-7-23(8-14-26)6-12-25-19-32(30(35-3)20-29(25)34-2)38-27-15-9-22(10-16-27)4-5-24-11-17-28-31(18-24)37-21-36-28/h7-11,13-20H,4-6,12,21H2,1-3H3. The molecule has 0 bridgehead atoms. The fraction of sp³-hybridized carbons (Fsp3) is 0.250. The number of rotatable bonds is 11. The smallest absolute Gasteiger partial charge is 0.231 e. The van der Waals surface area contributed by atoms with Crippen molar-refractivity contribution in [3.05, 3.63) is 101 Å². The molecule has 0 saturated heterocycles. The van der Waals surface area contributed by atoms with Crippen molar-refractivity contribution in [3.8, 4) is 40.2 Å². The number of aryl methyl sites for hydroxylation is 4. The van der Waals surface area contributed by atoms with E-state index in [2.05, 4.69) is 36.4 Å². The molecule has 38 heavy (non-hydrogen) atoms. The van der Waals surface area contributed by atoms with Crippen molar-refractivity contribution >= 4 is 0 Å². The normalized spacial score (nSPS) is 11.8. The van der Waals surface area contributed by atoms with Crippen LogP contribution in [0.2, 0.25) is 0 Å². The van der Waals surface area contributed by atoms with Gasteiger partial charge in [-0.3, -0.25) is 0 Å². The van der Waals surface area contributed by atoms with Crippen LogP contribution in [0.5, 0.6) is 40.2 Å². The van der Waals surface area contributed by atoms with E-state index >= 15 is 0 Å². The molecule has 0 atom stereocenters. The molecule has 0 N–H and O–H groups in total. The molecule has 0 aromatic heterocycles. The van der Waals surface area contributed by atoms with Gasteiger partial charge < -0.3 is 28.4 Å². The number of hydrogen-bond acceptors (Lipinski definition) is 6. The summed E-state index contributed by atoms with van der Waals surface area (Å²) in [5, 5.41) is 0. The average molecular weight is 513 g/mol. The minimum atomic E-state index is 0.295. The van der Waals surface area contributed by atoms with Crippen molar-refractivity contribution < 1.29 is 28.4 Å². The Kier molecular flexibility index (Phi) is 7.88. The number of ether oxygens (including phenoxy) is 6. The molecule has 4 aromatic rings. The second kappa shape index (κ2) is 11.8. The summed E-state index contributed by atoms with van der Waals surface area (Å²) in [4.78, 5) is 0. The van der Waals surface area contributed by atoms with E-state index in [4.69, 9.17) is 28.4 Å². The summed E-state index contributed by atoms with van der Waals surface area (Å²) in [6.07, 6.45) is 3.50. The van der Waals surface area contributed by atoms with Gasteiger partial charge in [-0.2, -0.15) is 0 Å². The van der Waals surface area contributed by atoms with Crippen molar-refractivity contribution in [3.63, 3.8) is 0 Å². The topological polar surface area (TPSA) is 55.4 Å². The first-order chi connectivity index (χ1) is 18.6. The third-order valence-electron chi connectivity index (χ3n) is 6.70. The lowest BCUT2D eigenvalue weighted by molar-refractivity contribution is 0.174. The van der Waals surface area contributed by atoms with Crippen molar-refractivity contribution in [2.75, 3.05) is 28.1 Å². The van der Waals surface area contributed by atoms with Crippen LogP contribution in [-0.2, 0) is 25.7 Å². The zero-order valence-electron chi connectivity index (χ0n) is 22.0. The van der Waals surface area contributed by atoms with Gasteiger partial charge in [0.2, 0.25) is 6.79 Å². The van der Waals surface area contributed by atoms with Crippen LogP contribution >= 0.6 is 0 Å². The molecule has 0 fully saturated rings. The highest BCUT2D eigenvalue weighted by molar-refractivity contribution is 5.52. The van der Waals surface area contributed by atoms with Gasteiger partial charge in [0.1, 0.15) is 17.2 Å². The third kappa shape index (κ3) is 5.97. The molecule has 0 radical (unpaired) electrons. The van der Waals surface area contributed by atoms with Gasteiger partial charge in [0.15, 0.2) is 23.0 Å². The molecule has 0 saturated carbocycles. The Labute approximate surface area is 223 Å². The van der Waals surface area contributed by atoms with Crippen molar-refractivity contribution in [1.29, 1.82) is 0 Å². The second-order valence-corrected chi connectivity index (χ2v) is 9.10. The van der Waals surface area contributed by atoms with Crippen LogP contribution in [-0.4, -0.2) is 28.1 Å². The highest BCUT2D eigenvalue weighted by atomic mass is 16.7. The van der Waals surface area contributed by atoms with Gasteiger partial charge >= 0.3 is 0 Å². The molecule has 6 heteroatoms. The molecule has 0 amide bonds. The molecule has 0 unspecified atom stereocenters. The number of fused-ring (bicyclic) bond motifs is 1. The molecule has 0 spiro atoms. The third-order valence-corrected chi connectivity index (χ3v) is 6.70. The largest absolute Gasteiger partial charge is 0.497 e. The molecule has 1 heterocycles. The summed E-state index contributed by atoms with van der Waals surface area (Å²) >= 11 is 0. The van der Waals surface area contributed by atoms with E-state index < -0.39 is 0 Å². The molecule has 1 aliphatic rings. The number of benzene rings is 4. The van der Waals surface area contributed by atoms with E-state index in [1.165, 1.54) is 16.7 Å². The van der Waals surface area contributed by atoms with E-state index in [-0.39, 0.29) is 0 Å². The molecular formula is C32H32O6. The first-order valence-corrected chi connectivity index (χ1v) is 12.7. The lowest BCUT2D eigenvalue weighted by Crippen LogP contribution is -1.99. The first-order valence-electron chi connectivity index (χ1n) is 12.7. The Hall–Kier alpha value is -4.32. The summed E-state index contributed by atoms with van der Waals surface area (Å²) in [5.74, 6) is 5.30. The van der Waals surface area contributed by atoms with E-state index in [1.807, 2.05) is 42.5 Å². The van der Waals surface area contributed by atoms with Crippen LogP contribution in [0.4, 0.5) is 0 Å². The lowest BCUT2D eigenvalue weighted by atomic mass is 10.0. The Balaban J connectivity index is 1.25. The van der Waals surface area contributed by atoms with Crippen LogP contribution in [0.3, 0.4) is 0 Å². The predicted octanol–water partition coefficient (Wildman–Crippen LogP) is 6.80. The molecule has 4 aromatic carbocycles. The Bertz CT molecular complexity index is 1360. The van der Waals surface area contributed by atoms with Crippen molar-refractivity contribution in [2.45, 2.75) is 25.7 Å². The summed E-state index contributed by atoms with van der Waals surface area (Å²) in [6, 6.07) is 26.3. The molecular weight excluding hydrogens is 480 g/mol. The maximum atomic E-state index is 6.26. The van der Waals surface area contributed by atoms with Gasteiger partial charge in [-0.05, 0) is 90.4 Å². The minimum absolute atomic E-state index is 0.295. The van der Waals surface area contributed by atoms with Crippen molar-refractivity contribution in [2.24, 2.45) is 0 Å². The maximum Gasteiger partial charge on any atom is 0.231 e. The van der Waals surface area contributed by atoms with Crippen LogP contribution < -0.4 is 28.4 Å². The molecule has 196 valence electrons. The van der Waals surface area contributed by atoms with Gasteiger partial charge in [-0.25, -0.2) is 0 Å². The van der Waals surface area contributed by atoms with E-state index in [0.29, 0.717) is 18.3 Å². The van der Waals surface area contributed by atoms with Crippen LogP contribution in [0.15, 0.2) is 78.9 Å².